The number of amides is 2. The molecule has 6 heteroatoms. The lowest BCUT2D eigenvalue weighted by Crippen LogP contribution is -2.42. The molecule has 0 aliphatic carbocycles. The molecule has 6 nitrogen and oxygen atoms in total. The first kappa shape index (κ1) is 18.7. The number of benzene rings is 1. The van der Waals surface area contributed by atoms with Crippen LogP contribution in [0.3, 0.4) is 0 Å². The third-order valence-electron chi connectivity index (χ3n) is 5.19. The summed E-state index contributed by atoms with van der Waals surface area (Å²) in [6.07, 6.45) is 3.92. The van der Waals surface area contributed by atoms with E-state index in [9.17, 15) is 9.59 Å². The van der Waals surface area contributed by atoms with Crippen molar-refractivity contribution in [2.24, 2.45) is 5.92 Å². The van der Waals surface area contributed by atoms with Gasteiger partial charge in [-0.15, -0.1) is 0 Å². The summed E-state index contributed by atoms with van der Waals surface area (Å²) in [6.45, 7) is 6.80. The third-order valence-corrected chi connectivity index (χ3v) is 5.19. The van der Waals surface area contributed by atoms with Crippen LogP contribution in [0.5, 0.6) is 0 Å². The van der Waals surface area contributed by atoms with Crippen molar-refractivity contribution in [2.75, 3.05) is 44.6 Å². The Kier molecular flexibility index (Phi) is 6.50. The fourth-order valence-electron chi connectivity index (χ4n) is 3.49. The van der Waals surface area contributed by atoms with Gasteiger partial charge in [-0.2, -0.15) is 0 Å². The third kappa shape index (κ3) is 5.46. The van der Waals surface area contributed by atoms with Crippen molar-refractivity contribution in [2.45, 2.75) is 32.6 Å². The Morgan fingerprint density at radius 3 is 2.85 bits per heavy atom. The van der Waals surface area contributed by atoms with E-state index in [1.807, 2.05) is 18.2 Å². The van der Waals surface area contributed by atoms with Gasteiger partial charge in [-0.25, -0.2) is 4.79 Å². The number of hydrogen-bond donors (Lipinski definition) is 1. The number of anilines is 1. The van der Waals surface area contributed by atoms with Crippen LogP contribution in [-0.4, -0.2) is 61.1 Å². The fourth-order valence-corrected chi connectivity index (χ4v) is 3.49. The number of nitrogens with one attached hydrogen (secondary N) is 1. The van der Waals surface area contributed by atoms with Crippen LogP contribution >= 0.6 is 0 Å². The van der Waals surface area contributed by atoms with Crippen molar-refractivity contribution in [3.63, 3.8) is 0 Å². The van der Waals surface area contributed by atoms with Gasteiger partial charge in [0, 0.05) is 18.8 Å². The van der Waals surface area contributed by atoms with Crippen molar-refractivity contribution in [1.82, 2.24) is 9.80 Å². The molecule has 2 saturated heterocycles. The highest BCUT2D eigenvalue weighted by Gasteiger charge is 2.22. The van der Waals surface area contributed by atoms with Crippen LogP contribution in [0.25, 0.3) is 0 Å². The molecule has 2 aliphatic heterocycles. The molecule has 0 atom stereocenters. The molecule has 2 aliphatic rings. The van der Waals surface area contributed by atoms with E-state index in [2.05, 4.69) is 23.2 Å². The number of nitrogens with zero attached hydrogens (tertiary/aromatic N) is 2. The average molecular weight is 359 g/mol. The monoisotopic (exact) mass is 359 g/mol. The maximum absolute atomic E-state index is 12.2. The molecular weight excluding hydrogens is 330 g/mol. The molecule has 142 valence electrons. The molecule has 0 bridgehead atoms. The summed E-state index contributed by atoms with van der Waals surface area (Å²) in [6, 6.07) is 7.99. The van der Waals surface area contributed by atoms with Crippen molar-refractivity contribution >= 4 is 17.7 Å². The van der Waals surface area contributed by atoms with E-state index in [0.29, 0.717) is 13.2 Å². The minimum Gasteiger partial charge on any atom is -0.449 e. The highest BCUT2D eigenvalue weighted by molar-refractivity contribution is 5.94. The molecule has 26 heavy (non-hydrogen) atoms. The van der Waals surface area contributed by atoms with Gasteiger partial charge in [0.05, 0.1) is 6.61 Å². The van der Waals surface area contributed by atoms with Crippen molar-refractivity contribution in [3.8, 4) is 0 Å². The highest BCUT2D eigenvalue weighted by atomic mass is 16.6. The first-order valence-electron chi connectivity index (χ1n) is 9.63. The van der Waals surface area contributed by atoms with Crippen molar-refractivity contribution in [3.05, 3.63) is 29.8 Å². The van der Waals surface area contributed by atoms with E-state index in [4.69, 9.17) is 4.74 Å². The lowest BCUT2D eigenvalue weighted by molar-refractivity contribution is -0.117. The van der Waals surface area contributed by atoms with Gasteiger partial charge >= 0.3 is 6.09 Å². The molecule has 2 heterocycles. The number of likely N-dealkylation sites (tertiary alicyclic amines) is 1. The van der Waals surface area contributed by atoms with E-state index in [0.717, 1.165) is 31.0 Å². The van der Waals surface area contributed by atoms with Gasteiger partial charge in [0.15, 0.2) is 0 Å². The Labute approximate surface area is 155 Å². The van der Waals surface area contributed by atoms with Gasteiger partial charge in [-0.3, -0.25) is 9.69 Å². The number of carbonyl (C=O) groups excluding carboxylic acids is 2. The smallest absolute Gasteiger partial charge is 0.410 e. The molecular formula is C20H29N3O3. The molecule has 1 aromatic rings. The summed E-state index contributed by atoms with van der Waals surface area (Å²) >= 11 is 0. The molecule has 3 rings (SSSR count). The minimum absolute atomic E-state index is 0.0367. The second-order valence-corrected chi connectivity index (χ2v) is 7.41. The minimum atomic E-state index is -0.406. The Balaban J connectivity index is 1.47. The van der Waals surface area contributed by atoms with E-state index in [-0.39, 0.29) is 12.5 Å². The first-order chi connectivity index (χ1) is 12.6. The van der Waals surface area contributed by atoms with Crippen LogP contribution < -0.4 is 5.32 Å². The summed E-state index contributed by atoms with van der Waals surface area (Å²) in [5.74, 6) is 0.660. The average Bonchev–Trinajstić information content (AvgIpc) is 2.63. The molecule has 2 amide bonds. The number of cyclic esters (lactones) is 1. The topological polar surface area (TPSA) is 61.9 Å². The van der Waals surface area contributed by atoms with E-state index in [1.54, 1.807) is 0 Å². The number of piperidine rings is 1. The predicted molar refractivity (Wildman–Crippen MR) is 101 cm³/mol. The first-order valence-corrected chi connectivity index (χ1v) is 9.63. The van der Waals surface area contributed by atoms with Crippen LogP contribution in [0.2, 0.25) is 0 Å². The van der Waals surface area contributed by atoms with Crippen molar-refractivity contribution < 1.29 is 14.3 Å². The molecule has 2 fully saturated rings. The number of ether oxygens (including phenoxy) is 1. The SMILES string of the molecule is CC1CCN(CCc2cccc(NC(=O)CN3CCCOC3=O)c2)CC1. The summed E-state index contributed by atoms with van der Waals surface area (Å²) < 4.78 is 4.96. The van der Waals surface area contributed by atoms with E-state index >= 15 is 0 Å². The zero-order valence-electron chi connectivity index (χ0n) is 15.6. The number of carbonyl (C=O) groups is 2. The lowest BCUT2D eigenvalue weighted by atomic mass is 9.99. The maximum atomic E-state index is 12.2. The predicted octanol–water partition coefficient (Wildman–Crippen LogP) is 2.74. The summed E-state index contributed by atoms with van der Waals surface area (Å²) in [5.41, 5.74) is 2.00. The quantitative estimate of drug-likeness (QED) is 0.848. The number of rotatable bonds is 6. The summed E-state index contributed by atoms with van der Waals surface area (Å²) in [5, 5.41) is 2.89. The van der Waals surface area contributed by atoms with E-state index in [1.165, 1.54) is 36.4 Å². The molecule has 1 N–H and O–H groups in total. The van der Waals surface area contributed by atoms with Crippen LogP contribution in [0, 0.1) is 5.92 Å². The van der Waals surface area contributed by atoms with Crippen LogP contribution in [0.15, 0.2) is 24.3 Å². The summed E-state index contributed by atoms with van der Waals surface area (Å²) in [4.78, 5) is 27.8. The standard InChI is InChI=1S/C20H29N3O3/c1-16-6-10-22(11-7-16)12-8-17-4-2-5-18(14-17)21-19(24)15-23-9-3-13-26-20(23)25/h2,4-5,14,16H,3,6-13,15H2,1H3,(H,21,24). The maximum Gasteiger partial charge on any atom is 0.410 e. The molecule has 1 aromatic carbocycles. The summed E-state index contributed by atoms with van der Waals surface area (Å²) in [7, 11) is 0. The van der Waals surface area contributed by atoms with Gasteiger partial charge < -0.3 is 15.0 Å². The van der Waals surface area contributed by atoms with Gasteiger partial charge in [0.25, 0.3) is 0 Å². The largest absolute Gasteiger partial charge is 0.449 e. The Morgan fingerprint density at radius 2 is 2.08 bits per heavy atom. The zero-order chi connectivity index (χ0) is 18.4. The van der Waals surface area contributed by atoms with Gasteiger partial charge in [-0.05, 0) is 62.4 Å². The molecule has 0 aromatic heterocycles. The van der Waals surface area contributed by atoms with Gasteiger partial charge in [0.2, 0.25) is 5.91 Å². The second kappa shape index (κ2) is 9.03. The van der Waals surface area contributed by atoms with Gasteiger partial charge in [0.1, 0.15) is 6.54 Å². The van der Waals surface area contributed by atoms with Gasteiger partial charge in [-0.1, -0.05) is 19.1 Å². The molecule has 0 spiro atoms. The van der Waals surface area contributed by atoms with Crippen molar-refractivity contribution in [1.29, 1.82) is 0 Å². The lowest BCUT2D eigenvalue weighted by Gasteiger charge is -2.30. The van der Waals surface area contributed by atoms with E-state index < -0.39 is 6.09 Å². The Morgan fingerprint density at radius 1 is 1.27 bits per heavy atom. The van der Waals surface area contributed by atoms with Crippen LogP contribution in [0.4, 0.5) is 10.5 Å². The fraction of sp³-hybridized carbons (Fsp3) is 0.600. The second-order valence-electron chi connectivity index (χ2n) is 7.41. The highest BCUT2D eigenvalue weighted by Crippen LogP contribution is 2.17. The Bertz CT molecular complexity index is 626. The molecule has 0 saturated carbocycles. The Hall–Kier alpha value is -2.08. The molecule has 0 unspecified atom stereocenters. The van der Waals surface area contributed by atoms with Crippen LogP contribution in [-0.2, 0) is 16.0 Å². The number of hydrogen-bond acceptors (Lipinski definition) is 4. The zero-order valence-corrected chi connectivity index (χ0v) is 15.6. The molecule has 0 radical (unpaired) electrons. The normalized spacial score (nSPS) is 19.3. The van der Waals surface area contributed by atoms with Crippen LogP contribution in [0.1, 0.15) is 31.7 Å².